The van der Waals surface area contributed by atoms with E-state index in [1.54, 1.807) is 11.6 Å². The number of carbonyl (C=O) groups is 1. The Hall–Kier alpha value is -1.89. The molecule has 1 saturated heterocycles. The summed E-state index contributed by atoms with van der Waals surface area (Å²) < 4.78 is 3.13. The van der Waals surface area contributed by atoms with Gasteiger partial charge in [-0.15, -0.1) is 11.3 Å². The Morgan fingerprint density at radius 3 is 2.62 bits per heavy atom. The van der Waals surface area contributed by atoms with Crippen molar-refractivity contribution in [2.24, 2.45) is 7.05 Å². The number of carbonyl (C=O) groups excluding carboxylic acids is 1. The van der Waals surface area contributed by atoms with Gasteiger partial charge in [-0.2, -0.15) is 5.10 Å². The summed E-state index contributed by atoms with van der Waals surface area (Å²) in [7, 11) is 1.67. The molecule has 0 atom stereocenters. The van der Waals surface area contributed by atoms with Crippen LogP contribution in [0.3, 0.4) is 0 Å². The van der Waals surface area contributed by atoms with Gasteiger partial charge in [0.15, 0.2) is 0 Å². The molecule has 0 N–H and O–H groups in total. The van der Waals surface area contributed by atoms with Gasteiger partial charge in [0.1, 0.15) is 5.82 Å². The summed E-state index contributed by atoms with van der Waals surface area (Å²) in [6.45, 7) is 3.22. The topological polar surface area (TPSA) is 60.1 Å². The molecule has 2 aromatic rings. The van der Waals surface area contributed by atoms with E-state index in [9.17, 15) is 9.59 Å². The molecule has 21 heavy (non-hydrogen) atoms. The van der Waals surface area contributed by atoms with Gasteiger partial charge >= 0.3 is 5.69 Å². The Kier molecular flexibility index (Phi) is 3.67. The molecular formula is C14H18N4O2S. The van der Waals surface area contributed by atoms with Crippen molar-refractivity contribution in [2.45, 2.75) is 25.8 Å². The average molecular weight is 306 g/mol. The zero-order valence-electron chi connectivity index (χ0n) is 12.2. The number of rotatable bonds is 2. The van der Waals surface area contributed by atoms with Gasteiger partial charge in [0.25, 0.3) is 5.91 Å². The van der Waals surface area contributed by atoms with Gasteiger partial charge in [0.2, 0.25) is 0 Å². The van der Waals surface area contributed by atoms with Crippen LogP contribution >= 0.6 is 11.3 Å². The van der Waals surface area contributed by atoms with Gasteiger partial charge in [0, 0.05) is 26.2 Å². The van der Waals surface area contributed by atoms with Crippen LogP contribution in [0.1, 0.15) is 34.4 Å². The van der Waals surface area contributed by atoms with E-state index in [4.69, 9.17) is 0 Å². The minimum atomic E-state index is -0.0736. The Balaban J connectivity index is 1.71. The number of aromatic nitrogens is 3. The molecule has 3 heterocycles. The smallest absolute Gasteiger partial charge is 0.338 e. The molecule has 0 saturated carbocycles. The number of likely N-dealkylation sites (tertiary alicyclic amines) is 1. The molecule has 0 spiro atoms. The van der Waals surface area contributed by atoms with Crippen molar-refractivity contribution in [1.82, 2.24) is 19.2 Å². The van der Waals surface area contributed by atoms with E-state index in [-0.39, 0.29) is 17.6 Å². The normalized spacial score (nSPS) is 16.4. The van der Waals surface area contributed by atoms with Crippen molar-refractivity contribution in [3.63, 3.8) is 0 Å². The largest absolute Gasteiger partial charge is 0.345 e. The van der Waals surface area contributed by atoms with E-state index in [0.717, 1.165) is 23.5 Å². The molecule has 1 aliphatic heterocycles. The minimum absolute atomic E-state index is 0.0736. The minimum Gasteiger partial charge on any atom is -0.338 e. The molecule has 1 amide bonds. The van der Waals surface area contributed by atoms with Gasteiger partial charge in [-0.3, -0.25) is 9.36 Å². The Morgan fingerprint density at radius 1 is 1.38 bits per heavy atom. The van der Waals surface area contributed by atoms with Crippen LogP contribution in [-0.4, -0.2) is 38.2 Å². The number of piperidine rings is 1. The van der Waals surface area contributed by atoms with Crippen molar-refractivity contribution in [3.8, 4) is 0 Å². The Bertz CT molecular complexity index is 693. The lowest BCUT2D eigenvalue weighted by atomic mass is 10.0. The molecule has 1 fully saturated rings. The molecule has 2 aromatic heterocycles. The fraction of sp³-hybridized carbons (Fsp3) is 0.500. The van der Waals surface area contributed by atoms with Crippen molar-refractivity contribution in [2.75, 3.05) is 13.1 Å². The summed E-state index contributed by atoms with van der Waals surface area (Å²) in [6.07, 6.45) is 1.59. The van der Waals surface area contributed by atoms with Crippen molar-refractivity contribution in [3.05, 3.63) is 38.7 Å². The van der Waals surface area contributed by atoms with Crippen LogP contribution in [0.15, 0.2) is 22.3 Å². The Labute approximate surface area is 126 Å². The molecule has 0 unspecified atom stereocenters. The fourth-order valence-corrected chi connectivity index (χ4v) is 3.60. The third kappa shape index (κ3) is 2.53. The number of nitrogens with zero attached hydrogens (tertiary/aromatic N) is 4. The summed E-state index contributed by atoms with van der Waals surface area (Å²) in [6, 6.07) is 3.89. The lowest BCUT2D eigenvalue weighted by molar-refractivity contribution is 0.0697. The van der Waals surface area contributed by atoms with Crippen LogP contribution in [0.4, 0.5) is 0 Å². The first-order valence-electron chi connectivity index (χ1n) is 7.03. The summed E-state index contributed by atoms with van der Waals surface area (Å²) in [4.78, 5) is 27.0. The third-order valence-electron chi connectivity index (χ3n) is 3.98. The molecule has 6 nitrogen and oxygen atoms in total. The van der Waals surface area contributed by atoms with E-state index >= 15 is 0 Å². The SMILES string of the molecule is Cc1nn(C)c(=O)n1C1CCN(C(=O)c2cccs2)CC1. The predicted molar refractivity (Wildman–Crippen MR) is 80.7 cm³/mol. The highest BCUT2D eigenvalue weighted by Gasteiger charge is 2.27. The van der Waals surface area contributed by atoms with E-state index in [1.807, 2.05) is 29.3 Å². The molecule has 112 valence electrons. The maximum Gasteiger partial charge on any atom is 0.345 e. The molecule has 3 rings (SSSR count). The summed E-state index contributed by atoms with van der Waals surface area (Å²) in [5.74, 6) is 0.837. The molecule has 0 aromatic carbocycles. The highest BCUT2D eigenvalue weighted by atomic mass is 32.1. The first kappa shape index (κ1) is 14.1. The van der Waals surface area contributed by atoms with Gasteiger partial charge < -0.3 is 4.90 Å². The van der Waals surface area contributed by atoms with E-state index in [1.165, 1.54) is 16.0 Å². The predicted octanol–water partition coefficient (Wildman–Crippen LogP) is 1.43. The first-order chi connectivity index (χ1) is 10.1. The number of hydrogen-bond donors (Lipinski definition) is 0. The molecule has 1 aliphatic rings. The van der Waals surface area contributed by atoms with Crippen LogP contribution in [0.2, 0.25) is 0 Å². The molecule has 0 radical (unpaired) electrons. The fourth-order valence-electron chi connectivity index (χ4n) is 2.91. The number of hydrogen-bond acceptors (Lipinski definition) is 4. The maximum absolute atomic E-state index is 12.3. The summed E-state index contributed by atoms with van der Waals surface area (Å²) in [5.41, 5.74) is -0.0736. The van der Waals surface area contributed by atoms with Crippen LogP contribution in [0.5, 0.6) is 0 Å². The zero-order chi connectivity index (χ0) is 15.0. The maximum atomic E-state index is 12.3. The second-order valence-corrected chi connectivity index (χ2v) is 6.27. The lowest BCUT2D eigenvalue weighted by Gasteiger charge is -2.32. The van der Waals surface area contributed by atoms with Crippen molar-refractivity contribution < 1.29 is 4.79 Å². The zero-order valence-corrected chi connectivity index (χ0v) is 13.0. The van der Waals surface area contributed by atoms with E-state index < -0.39 is 0 Å². The van der Waals surface area contributed by atoms with Gasteiger partial charge in [-0.25, -0.2) is 9.48 Å². The van der Waals surface area contributed by atoms with E-state index in [0.29, 0.717) is 13.1 Å². The van der Waals surface area contributed by atoms with Gasteiger partial charge in [-0.05, 0) is 31.2 Å². The second kappa shape index (κ2) is 5.48. The standard InChI is InChI=1S/C14H18N4O2S/c1-10-15-16(2)14(20)18(10)11-5-7-17(8-6-11)13(19)12-4-3-9-21-12/h3-4,9,11H,5-8H2,1-2H3. The molecule has 0 bridgehead atoms. The monoisotopic (exact) mass is 306 g/mol. The lowest BCUT2D eigenvalue weighted by Crippen LogP contribution is -2.40. The van der Waals surface area contributed by atoms with E-state index in [2.05, 4.69) is 5.10 Å². The second-order valence-electron chi connectivity index (χ2n) is 5.32. The summed E-state index contributed by atoms with van der Waals surface area (Å²) >= 11 is 1.47. The number of amides is 1. The van der Waals surface area contributed by atoms with Gasteiger partial charge in [0.05, 0.1) is 4.88 Å². The Morgan fingerprint density at radius 2 is 2.10 bits per heavy atom. The molecule has 0 aliphatic carbocycles. The summed E-state index contributed by atoms with van der Waals surface area (Å²) in [5, 5.41) is 6.08. The highest BCUT2D eigenvalue weighted by molar-refractivity contribution is 7.12. The molecule has 7 heteroatoms. The third-order valence-corrected chi connectivity index (χ3v) is 4.83. The molecular weight excluding hydrogens is 288 g/mol. The van der Waals surface area contributed by atoms with Crippen LogP contribution in [-0.2, 0) is 7.05 Å². The highest BCUT2D eigenvalue weighted by Crippen LogP contribution is 2.24. The van der Waals surface area contributed by atoms with Crippen LogP contribution in [0, 0.1) is 6.92 Å². The van der Waals surface area contributed by atoms with Gasteiger partial charge in [-0.1, -0.05) is 6.07 Å². The van der Waals surface area contributed by atoms with Crippen molar-refractivity contribution >= 4 is 17.2 Å². The van der Waals surface area contributed by atoms with Crippen molar-refractivity contribution in [1.29, 1.82) is 0 Å². The van der Waals surface area contributed by atoms with Crippen LogP contribution in [0.25, 0.3) is 0 Å². The van der Waals surface area contributed by atoms with Crippen LogP contribution < -0.4 is 5.69 Å². The average Bonchev–Trinajstić information content (AvgIpc) is 3.08. The number of thiophene rings is 1. The first-order valence-corrected chi connectivity index (χ1v) is 7.91. The number of aryl methyl sites for hydroxylation is 2. The quantitative estimate of drug-likeness (QED) is 0.843.